The Balaban J connectivity index is 2.03. The second kappa shape index (κ2) is 13.4. The molecule has 0 spiro atoms. The molecule has 0 saturated carbocycles. The Kier molecular flexibility index (Phi) is 10.3. The third-order valence-corrected chi connectivity index (χ3v) is 8.41. The fraction of sp³-hybridized carbons (Fsp3) is 0.355. The van der Waals surface area contributed by atoms with Crippen LogP contribution in [0.15, 0.2) is 77.7 Å². The highest BCUT2D eigenvalue weighted by Crippen LogP contribution is 2.25. The average molecular weight is 550 g/mol. The number of benzene rings is 3. The van der Waals surface area contributed by atoms with Crippen LogP contribution in [-0.4, -0.2) is 44.3 Å². The molecular weight excluding hydrogens is 510 g/mol. The van der Waals surface area contributed by atoms with Crippen molar-refractivity contribution in [2.75, 3.05) is 17.4 Å². The van der Waals surface area contributed by atoms with Crippen LogP contribution in [0.5, 0.6) is 0 Å². The minimum absolute atomic E-state index is 0.0966. The molecule has 3 rings (SSSR count). The molecule has 1 atom stereocenters. The second-order valence-electron chi connectivity index (χ2n) is 9.88. The van der Waals surface area contributed by atoms with E-state index in [1.54, 1.807) is 36.4 Å². The Hall–Kier alpha value is -3.65. The number of carbonyl (C=O) groups is 2. The summed E-state index contributed by atoms with van der Waals surface area (Å²) in [5, 5.41) is 2.90. The molecule has 0 aliphatic heterocycles. The zero-order chi connectivity index (χ0) is 28.6. The van der Waals surface area contributed by atoms with Gasteiger partial charge in [-0.25, -0.2) is 8.42 Å². The van der Waals surface area contributed by atoms with Gasteiger partial charge in [-0.15, -0.1) is 0 Å². The number of anilines is 1. The largest absolute Gasteiger partial charge is 0.354 e. The highest BCUT2D eigenvalue weighted by molar-refractivity contribution is 7.92. The Bertz CT molecular complexity index is 1350. The molecular formula is C31H39N3O4S. The van der Waals surface area contributed by atoms with Crippen molar-refractivity contribution < 1.29 is 18.0 Å². The van der Waals surface area contributed by atoms with Gasteiger partial charge in [0.05, 0.1) is 10.6 Å². The van der Waals surface area contributed by atoms with Crippen LogP contribution in [0.2, 0.25) is 0 Å². The van der Waals surface area contributed by atoms with Crippen molar-refractivity contribution in [3.8, 4) is 0 Å². The van der Waals surface area contributed by atoms with E-state index in [2.05, 4.69) is 5.32 Å². The fourth-order valence-corrected chi connectivity index (χ4v) is 5.67. The first-order valence-corrected chi connectivity index (χ1v) is 14.8. The van der Waals surface area contributed by atoms with Crippen LogP contribution in [0.3, 0.4) is 0 Å². The van der Waals surface area contributed by atoms with Crippen molar-refractivity contribution in [3.63, 3.8) is 0 Å². The van der Waals surface area contributed by atoms with E-state index in [-0.39, 0.29) is 17.3 Å². The van der Waals surface area contributed by atoms with Crippen molar-refractivity contribution in [3.05, 3.63) is 95.1 Å². The predicted octanol–water partition coefficient (Wildman–Crippen LogP) is 5.14. The monoisotopic (exact) mass is 549 g/mol. The molecule has 208 valence electrons. The third kappa shape index (κ3) is 7.69. The smallest absolute Gasteiger partial charge is 0.264 e. The number of rotatable bonds is 12. The molecule has 0 fully saturated rings. The summed E-state index contributed by atoms with van der Waals surface area (Å²) in [6, 6.07) is 20.6. The topological polar surface area (TPSA) is 86.8 Å². The van der Waals surface area contributed by atoms with E-state index in [4.69, 9.17) is 0 Å². The molecule has 2 amide bonds. The Morgan fingerprint density at radius 1 is 0.795 bits per heavy atom. The number of aryl methyl sites for hydroxylation is 3. The number of nitrogens with zero attached hydrogens (tertiary/aromatic N) is 2. The molecule has 0 aliphatic rings. The maximum atomic E-state index is 14.0. The summed E-state index contributed by atoms with van der Waals surface area (Å²) in [7, 11) is -4.07. The second-order valence-corrected chi connectivity index (χ2v) is 11.7. The highest BCUT2D eigenvalue weighted by Gasteiger charge is 2.33. The van der Waals surface area contributed by atoms with E-state index >= 15 is 0 Å². The summed E-state index contributed by atoms with van der Waals surface area (Å²) < 4.78 is 28.9. The van der Waals surface area contributed by atoms with E-state index in [1.807, 2.05) is 71.0 Å². The lowest BCUT2D eigenvalue weighted by Gasteiger charge is -2.33. The molecule has 0 bridgehead atoms. The molecule has 0 saturated heterocycles. The highest BCUT2D eigenvalue weighted by atomic mass is 32.2. The van der Waals surface area contributed by atoms with Crippen LogP contribution in [0.25, 0.3) is 0 Å². The summed E-state index contributed by atoms with van der Waals surface area (Å²) in [5.74, 6) is -0.701. The first kappa shape index (κ1) is 29.9. The zero-order valence-electron chi connectivity index (χ0n) is 23.5. The molecule has 0 radical (unpaired) electrons. The number of carbonyl (C=O) groups excluding carboxylic acids is 2. The molecule has 0 aromatic heterocycles. The fourth-order valence-electron chi connectivity index (χ4n) is 4.25. The van der Waals surface area contributed by atoms with Crippen LogP contribution in [0.1, 0.15) is 48.9 Å². The van der Waals surface area contributed by atoms with Crippen molar-refractivity contribution in [1.29, 1.82) is 0 Å². The van der Waals surface area contributed by atoms with Crippen molar-refractivity contribution >= 4 is 27.5 Å². The van der Waals surface area contributed by atoms with Gasteiger partial charge in [-0.1, -0.05) is 79.1 Å². The summed E-state index contributed by atoms with van der Waals surface area (Å²) in [6.45, 7) is 9.84. The Labute approximate surface area is 232 Å². The number of sulfonamides is 1. The zero-order valence-corrected chi connectivity index (χ0v) is 24.3. The van der Waals surface area contributed by atoms with Gasteiger partial charge < -0.3 is 10.2 Å². The van der Waals surface area contributed by atoms with Gasteiger partial charge in [0.1, 0.15) is 12.6 Å². The first-order chi connectivity index (χ1) is 18.6. The summed E-state index contributed by atoms with van der Waals surface area (Å²) in [4.78, 5) is 28.7. The van der Waals surface area contributed by atoms with Gasteiger partial charge >= 0.3 is 0 Å². The minimum atomic E-state index is -4.07. The lowest BCUT2D eigenvalue weighted by Crippen LogP contribution is -2.52. The van der Waals surface area contributed by atoms with Gasteiger partial charge in [0, 0.05) is 13.1 Å². The average Bonchev–Trinajstić information content (AvgIpc) is 2.92. The van der Waals surface area contributed by atoms with E-state index in [1.165, 1.54) is 4.90 Å². The van der Waals surface area contributed by atoms with Crippen LogP contribution in [-0.2, 0) is 26.2 Å². The molecule has 39 heavy (non-hydrogen) atoms. The Morgan fingerprint density at radius 2 is 1.31 bits per heavy atom. The minimum Gasteiger partial charge on any atom is -0.354 e. The van der Waals surface area contributed by atoms with Gasteiger partial charge in [0.15, 0.2) is 0 Å². The maximum absolute atomic E-state index is 14.0. The van der Waals surface area contributed by atoms with Gasteiger partial charge in [-0.05, 0) is 63.4 Å². The summed E-state index contributed by atoms with van der Waals surface area (Å²) in [6.07, 6.45) is 1.16. The molecule has 1 N–H and O–H groups in total. The van der Waals surface area contributed by atoms with Gasteiger partial charge in [0.2, 0.25) is 11.8 Å². The van der Waals surface area contributed by atoms with Crippen molar-refractivity contribution in [2.24, 2.45) is 0 Å². The number of amides is 2. The molecule has 0 aliphatic carbocycles. The molecule has 3 aromatic carbocycles. The van der Waals surface area contributed by atoms with E-state index < -0.39 is 28.5 Å². The van der Waals surface area contributed by atoms with Crippen LogP contribution in [0.4, 0.5) is 5.69 Å². The third-order valence-electron chi connectivity index (χ3n) is 6.62. The molecule has 3 aromatic rings. The Morgan fingerprint density at radius 3 is 1.82 bits per heavy atom. The van der Waals surface area contributed by atoms with Gasteiger partial charge in [-0.2, -0.15) is 0 Å². The molecule has 8 heteroatoms. The molecule has 0 heterocycles. The number of hydrogen-bond acceptors (Lipinski definition) is 4. The normalized spacial score (nSPS) is 12.0. The van der Waals surface area contributed by atoms with E-state index in [0.717, 1.165) is 33.0 Å². The summed E-state index contributed by atoms with van der Waals surface area (Å²) in [5.41, 5.74) is 4.23. The van der Waals surface area contributed by atoms with E-state index in [9.17, 15) is 18.0 Å². The lowest BCUT2D eigenvalue weighted by atomic mass is 10.1. The maximum Gasteiger partial charge on any atom is 0.264 e. The van der Waals surface area contributed by atoms with Crippen LogP contribution in [0, 0.1) is 20.8 Å². The van der Waals surface area contributed by atoms with Crippen molar-refractivity contribution in [2.45, 2.75) is 64.9 Å². The predicted molar refractivity (Wildman–Crippen MR) is 156 cm³/mol. The van der Waals surface area contributed by atoms with Crippen LogP contribution < -0.4 is 9.62 Å². The van der Waals surface area contributed by atoms with E-state index in [0.29, 0.717) is 18.7 Å². The standard InChI is InChI=1S/C31H39N3O4S/c1-6-20-32-31(36)29(7-2)33(21-26-14-8-23(3)9-15-26)30(35)22-34(27-16-10-24(4)11-17-27)39(37,38)28-18-12-25(5)13-19-28/h8-19,29H,6-7,20-22H2,1-5H3,(H,32,36)/t29-/m0/s1. The molecule has 0 unspecified atom stereocenters. The quantitative estimate of drug-likeness (QED) is 0.339. The van der Waals surface area contributed by atoms with Gasteiger partial charge in [0.25, 0.3) is 10.0 Å². The van der Waals surface area contributed by atoms with Crippen molar-refractivity contribution in [1.82, 2.24) is 10.2 Å². The SMILES string of the molecule is CCCNC(=O)[C@H](CC)N(Cc1ccc(C)cc1)C(=O)CN(c1ccc(C)cc1)S(=O)(=O)c1ccc(C)cc1. The molecule has 7 nitrogen and oxygen atoms in total. The van der Waals surface area contributed by atoms with Crippen LogP contribution >= 0.6 is 0 Å². The number of hydrogen-bond donors (Lipinski definition) is 1. The first-order valence-electron chi connectivity index (χ1n) is 13.4. The lowest BCUT2D eigenvalue weighted by molar-refractivity contribution is -0.140. The summed E-state index contributed by atoms with van der Waals surface area (Å²) >= 11 is 0. The van der Waals surface area contributed by atoms with Gasteiger partial charge in [-0.3, -0.25) is 13.9 Å². The number of nitrogens with one attached hydrogen (secondary N) is 1.